The van der Waals surface area contributed by atoms with E-state index in [-0.39, 0.29) is 40.3 Å². The molecule has 0 saturated carbocycles. The number of phenolic OH excluding ortho intramolecular Hbond substituents is 1. The fourth-order valence-corrected chi connectivity index (χ4v) is 3.88. The molecule has 8 heteroatoms. The molecule has 2 aromatic carbocycles. The number of benzene rings is 1. The third-order valence-corrected chi connectivity index (χ3v) is 5.66. The lowest BCUT2D eigenvalue weighted by molar-refractivity contribution is 0.0790. The van der Waals surface area contributed by atoms with Crippen molar-refractivity contribution in [3.63, 3.8) is 0 Å². The lowest BCUT2D eigenvalue weighted by atomic mass is 10.1. The Balaban J connectivity index is 1.59. The average molecular weight is 423 g/mol. The second-order valence-electron chi connectivity index (χ2n) is 7.79. The van der Waals surface area contributed by atoms with E-state index in [1.807, 2.05) is 26.0 Å². The van der Waals surface area contributed by atoms with Gasteiger partial charge in [-0.2, -0.15) is 0 Å². The number of nitrogens with one attached hydrogen (secondary N) is 2. The minimum Gasteiger partial charge on any atom is -0.505 e. The topological polar surface area (TPSA) is 112 Å². The molecule has 1 fully saturated rings. The molecule has 4 rings (SSSR count). The quantitative estimate of drug-likeness (QED) is 0.394. The normalized spacial score (nSPS) is 14.7. The summed E-state index contributed by atoms with van der Waals surface area (Å²) in [7, 11) is 0. The van der Waals surface area contributed by atoms with Gasteiger partial charge in [0.2, 0.25) is 0 Å². The maximum Gasteiger partial charge on any atom is 0.257 e. The molecule has 3 N–H and O–H groups in total. The molecule has 0 spiro atoms. The number of para-hydroxylation sites is 1. The van der Waals surface area contributed by atoms with Crippen molar-refractivity contribution in [3.05, 3.63) is 67.9 Å². The standard InChI is InChI=1S/C23H25N3O5/c1-3-15(17-10-9-13(2)31-17)24-18-19(22(29)21(18)28)25-16-8-6-7-14(20(16)27)23(30)26-11-4-5-12-26/h6-10,15,24-25,27H,3-5,11-12H2,1-2H3/t15-/m1/s1. The van der Waals surface area contributed by atoms with Gasteiger partial charge in [-0.1, -0.05) is 13.0 Å². The van der Waals surface area contributed by atoms with Crippen LogP contribution in [0.1, 0.15) is 54.1 Å². The van der Waals surface area contributed by atoms with E-state index in [4.69, 9.17) is 4.42 Å². The van der Waals surface area contributed by atoms with E-state index in [9.17, 15) is 19.5 Å². The summed E-state index contributed by atoms with van der Waals surface area (Å²) in [6, 6.07) is 8.12. The molecule has 1 aliphatic heterocycles. The highest BCUT2D eigenvalue weighted by Crippen LogP contribution is 2.34. The Hall–Kier alpha value is -3.55. The predicted molar refractivity (Wildman–Crippen MR) is 118 cm³/mol. The molecule has 0 unspecified atom stereocenters. The van der Waals surface area contributed by atoms with Gasteiger partial charge in [-0.05, 0) is 50.5 Å². The van der Waals surface area contributed by atoms with E-state index in [1.54, 1.807) is 23.1 Å². The first-order chi connectivity index (χ1) is 14.9. The van der Waals surface area contributed by atoms with Crippen LogP contribution in [-0.2, 0) is 0 Å². The molecule has 162 valence electrons. The number of phenols is 1. The number of hydrogen-bond acceptors (Lipinski definition) is 7. The van der Waals surface area contributed by atoms with Crippen LogP contribution in [0.3, 0.4) is 0 Å². The molecule has 2 heterocycles. The largest absolute Gasteiger partial charge is 0.505 e. The lowest BCUT2D eigenvalue weighted by Crippen LogP contribution is -2.37. The molecule has 0 aliphatic carbocycles. The lowest BCUT2D eigenvalue weighted by Gasteiger charge is -2.21. The van der Waals surface area contributed by atoms with Crippen molar-refractivity contribution in [1.82, 2.24) is 4.90 Å². The van der Waals surface area contributed by atoms with Crippen molar-refractivity contribution < 1.29 is 14.3 Å². The van der Waals surface area contributed by atoms with E-state index in [2.05, 4.69) is 10.6 Å². The first kappa shape index (κ1) is 20.7. The Morgan fingerprint density at radius 2 is 1.84 bits per heavy atom. The number of carbonyl (C=O) groups excluding carboxylic acids is 1. The number of nitrogens with zero attached hydrogens (tertiary/aromatic N) is 1. The molecular formula is C23H25N3O5. The SMILES string of the molecule is CC[C@@H](Nc1c(Nc2cccc(C(=O)N3CCCC3)c2O)c(=O)c1=O)c1ccc(C)o1. The Morgan fingerprint density at radius 1 is 1.13 bits per heavy atom. The van der Waals surface area contributed by atoms with Crippen molar-refractivity contribution in [1.29, 1.82) is 0 Å². The highest BCUT2D eigenvalue weighted by molar-refractivity contribution is 5.99. The first-order valence-electron chi connectivity index (χ1n) is 10.4. The number of hydrogen-bond donors (Lipinski definition) is 3. The van der Waals surface area contributed by atoms with Crippen LogP contribution in [0.2, 0.25) is 0 Å². The van der Waals surface area contributed by atoms with E-state index in [1.165, 1.54) is 0 Å². The van der Waals surface area contributed by atoms with Crippen LogP contribution in [0.5, 0.6) is 5.75 Å². The number of aryl methyl sites for hydroxylation is 1. The molecule has 1 amide bonds. The van der Waals surface area contributed by atoms with Crippen molar-refractivity contribution >= 4 is 23.0 Å². The van der Waals surface area contributed by atoms with E-state index >= 15 is 0 Å². The number of amides is 1. The molecule has 1 saturated heterocycles. The number of likely N-dealkylation sites (tertiary alicyclic amines) is 1. The van der Waals surface area contributed by atoms with Crippen LogP contribution in [0.4, 0.5) is 17.1 Å². The van der Waals surface area contributed by atoms with Gasteiger partial charge in [0.25, 0.3) is 16.8 Å². The Morgan fingerprint density at radius 3 is 2.48 bits per heavy atom. The van der Waals surface area contributed by atoms with Crippen molar-refractivity contribution in [2.75, 3.05) is 23.7 Å². The monoisotopic (exact) mass is 423 g/mol. The number of carbonyl (C=O) groups is 1. The van der Waals surface area contributed by atoms with Crippen LogP contribution in [0, 0.1) is 6.92 Å². The van der Waals surface area contributed by atoms with Gasteiger partial charge in [0.05, 0.1) is 17.3 Å². The molecule has 3 aromatic rings. The third-order valence-electron chi connectivity index (χ3n) is 5.66. The summed E-state index contributed by atoms with van der Waals surface area (Å²) in [6.07, 6.45) is 2.52. The van der Waals surface area contributed by atoms with Gasteiger partial charge in [-0.25, -0.2) is 0 Å². The molecular weight excluding hydrogens is 398 g/mol. The fraction of sp³-hybridized carbons (Fsp3) is 0.348. The van der Waals surface area contributed by atoms with Crippen molar-refractivity contribution in [3.8, 4) is 5.75 Å². The second-order valence-corrected chi connectivity index (χ2v) is 7.79. The highest BCUT2D eigenvalue weighted by Gasteiger charge is 2.27. The van der Waals surface area contributed by atoms with E-state index in [0.29, 0.717) is 25.3 Å². The van der Waals surface area contributed by atoms with Gasteiger partial charge in [-0.3, -0.25) is 14.4 Å². The zero-order valence-electron chi connectivity index (χ0n) is 17.5. The number of anilines is 3. The zero-order chi connectivity index (χ0) is 22.1. The molecule has 1 aliphatic rings. The minimum absolute atomic E-state index is 0.0628. The second kappa shape index (κ2) is 8.29. The Labute approximate surface area is 179 Å². The predicted octanol–water partition coefficient (Wildman–Crippen LogP) is 3.43. The average Bonchev–Trinajstić information content (AvgIpc) is 3.45. The van der Waals surface area contributed by atoms with Gasteiger partial charge in [-0.15, -0.1) is 0 Å². The Kier molecular flexibility index (Phi) is 5.54. The minimum atomic E-state index is -0.677. The molecule has 8 nitrogen and oxygen atoms in total. The molecule has 1 aromatic heterocycles. The smallest absolute Gasteiger partial charge is 0.257 e. The molecule has 31 heavy (non-hydrogen) atoms. The maximum atomic E-state index is 12.7. The Bertz CT molecular complexity index is 1180. The summed E-state index contributed by atoms with van der Waals surface area (Å²) in [5, 5.41) is 16.6. The summed E-state index contributed by atoms with van der Waals surface area (Å²) in [4.78, 5) is 38.8. The summed E-state index contributed by atoms with van der Waals surface area (Å²) in [6.45, 7) is 5.09. The highest BCUT2D eigenvalue weighted by atomic mass is 16.3. The number of rotatable bonds is 7. The summed E-state index contributed by atoms with van der Waals surface area (Å²) in [5.41, 5.74) is -0.745. The molecule has 1 atom stereocenters. The number of aromatic hydroxyl groups is 1. The van der Waals surface area contributed by atoms with E-state index in [0.717, 1.165) is 18.6 Å². The first-order valence-corrected chi connectivity index (χ1v) is 10.4. The van der Waals surface area contributed by atoms with Crippen LogP contribution < -0.4 is 21.5 Å². The van der Waals surface area contributed by atoms with Gasteiger partial charge >= 0.3 is 0 Å². The third kappa shape index (κ3) is 3.81. The van der Waals surface area contributed by atoms with Crippen molar-refractivity contribution in [2.45, 2.75) is 39.2 Å². The van der Waals surface area contributed by atoms with Gasteiger partial charge < -0.3 is 25.1 Å². The van der Waals surface area contributed by atoms with E-state index < -0.39 is 10.9 Å². The zero-order valence-corrected chi connectivity index (χ0v) is 17.5. The van der Waals surface area contributed by atoms with Crippen LogP contribution in [0.15, 0.2) is 44.3 Å². The van der Waals surface area contributed by atoms with Gasteiger partial charge in [0.15, 0.2) is 5.75 Å². The van der Waals surface area contributed by atoms with Crippen LogP contribution in [-0.4, -0.2) is 29.0 Å². The maximum absolute atomic E-state index is 12.7. The fourth-order valence-electron chi connectivity index (χ4n) is 3.88. The van der Waals surface area contributed by atoms with Crippen LogP contribution in [0.25, 0.3) is 0 Å². The van der Waals surface area contributed by atoms with Gasteiger partial charge in [0.1, 0.15) is 22.9 Å². The summed E-state index contributed by atoms with van der Waals surface area (Å²) < 4.78 is 5.65. The molecule has 0 radical (unpaired) electrons. The number of furan rings is 1. The van der Waals surface area contributed by atoms with Crippen LogP contribution >= 0.6 is 0 Å². The van der Waals surface area contributed by atoms with Crippen molar-refractivity contribution in [2.24, 2.45) is 0 Å². The summed E-state index contributed by atoms with van der Waals surface area (Å²) >= 11 is 0. The summed E-state index contributed by atoms with van der Waals surface area (Å²) in [5.74, 6) is 0.927. The van der Waals surface area contributed by atoms with Gasteiger partial charge in [0, 0.05) is 13.1 Å². The molecule has 0 bridgehead atoms.